The van der Waals surface area contributed by atoms with Gasteiger partial charge in [0.25, 0.3) is 5.56 Å². The third kappa shape index (κ3) is 5.34. The monoisotopic (exact) mass is 639 g/mol. The maximum Gasteiger partial charge on any atom is 0.338 e. The second-order valence-electron chi connectivity index (χ2n) is 9.69. The third-order valence-corrected chi connectivity index (χ3v) is 9.90. The Hall–Kier alpha value is -4.58. The standard InChI is InChI=1S/C33H22FN3O4S3/c1-2-40-31(39)27-28(19-8-4-3-5-9-19)36-32-37(29(27)20-12-14-21(34)15-13-20)30(38)25(42-32)18-22-16-17-26(41-22)44-33-35-23-10-6-7-11-24(23)43-33/h3-18,29H,2H2,1H3/b25-18+/t29-/m0/s1. The third-order valence-electron chi connectivity index (χ3n) is 6.90. The summed E-state index contributed by atoms with van der Waals surface area (Å²) in [5, 5.41) is 0.642. The summed E-state index contributed by atoms with van der Waals surface area (Å²) in [7, 11) is 0. The van der Waals surface area contributed by atoms with E-state index < -0.39 is 17.8 Å². The van der Waals surface area contributed by atoms with E-state index in [2.05, 4.69) is 4.98 Å². The molecule has 11 heteroatoms. The fraction of sp³-hybridized carbons (Fsp3) is 0.0909. The van der Waals surface area contributed by atoms with E-state index in [9.17, 15) is 14.0 Å². The van der Waals surface area contributed by atoms with E-state index >= 15 is 0 Å². The molecule has 1 atom stereocenters. The minimum absolute atomic E-state index is 0.140. The number of furan rings is 1. The zero-order valence-electron chi connectivity index (χ0n) is 23.1. The molecular weight excluding hydrogens is 618 g/mol. The number of para-hydroxylation sites is 1. The molecule has 0 radical (unpaired) electrons. The number of hydrogen-bond acceptors (Lipinski definition) is 9. The number of ether oxygens (including phenoxy) is 1. The van der Waals surface area contributed by atoms with Gasteiger partial charge in [0.2, 0.25) is 0 Å². The highest BCUT2D eigenvalue weighted by Gasteiger charge is 2.35. The lowest BCUT2D eigenvalue weighted by molar-refractivity contribution is -0.138. The summed E-state index contributed by atoms with van der Waals surface area (Å²) in [6.45, 7) is 1.86. The zero-order valence-corrected chi connectivity index (χ0v) is 25.5. The highest BCUT2D eigenvalue weighted by molar-refractivity contribution is 8.01. The van der Waals surface area contributed by atoms with Gasteiger partial charge in [-0.3, -0.25) is 9.36 Å². The van der Waals surface area contributed by atoms with E-state index in [0.29, 0.717) is 37.0 Å². The molecule has 0 aliphatic carbocycles. The number of benzene rings is 3. The van der Waals surface area contributed by atoms with Gasteiger partial charge in [0.15, 0.2) is 14.2 Å². The van der Waals surface area contributed by atoms with Gasteiger partial charge >= 0.3 is 5.97 Å². The van der Waals surface area contributed by atoms with Crippen molar-refractivity contribution in [3.63, 3.8) is 0 Å². The predicted molar refractivity (Wildman–Crippen MR) is 170 cm³/mol. The fourth-order valence-electron chi connectivity index (χ4n) is 4.98. The molecule has 0 fully saturated rings. The average molecular weight is 640 g/mol. The van der Waals surface area contributed by atoms with Crippen molar-refractivity contribution in [2.45, 2.75) is 22.4 Å². The van der Waals surface area contributed by atoms with Gasteiger partial charge in [-0.2, -0.15) is 0 Å². The molecule has 0 unspecified atom stereocenters. The Labute approximate surface area is 262 Å². The van der Waals surface area contributed by atoms with Crippen LogP contribution < -0.4 is 14.9 Å². The Morgan fingerprint density at radius 3 is 2.57 bits per heavy atom. The number of thiazole rings is 2. The van der Waals surface area contributed by atoms with Crippen molar-refractivity contribution in [1.82, 2.24) is 9.55 Å². The lowest BCUT2D eigenvalue weighted by atomic mass is 9.93. The molecule has 3 aromatic heterocycles. The lowest BCUT2D eigenvalue weighted by Crippen LogP contribution is -2.40. The molecule has 218 valence electrons. The SMILES string of the molecule is CCOC(=O)C1=C(c2ccccc2)N=c2s/c(=C/c3ccc(Sc4nc5ccccc5s4)o3)c(=O)n2[C@H]1c1ccc(F)cc1. The lowest BCUT2D eigenvalue weighted by Gasteiger charge is -2.25. The van der Waals surface area contributed by atoms with Gasteiger partial charge in [0.1, 0.15) is 11.6 Å². The summed E-state index contributed by atoms with van der Waals surface area (Å²) >= 11 is 4.19. The van der Waals surface area contributed by atoms with Gasteiger partial charge in [-0.1, -0.05) is 65.9 Å². The van der Waals surface area contributed by atoms with Crippen molar-refractivity contribution in [2.24, 2.45) is 4.99 Å². The molecule has 4 heterocycles. The van der Waals surface area contributed by atoms with E-state index in [4.69, 9.17) is 14.1 Å². The van der Waals surface area contributed by atoms with E-state index in [1.807, 2.05) is 60.7 Å². The normalized spacial score (nSPS) is 15.0. The van der Waals surface area contributed by atoms with Crippen molar-refractivity contribution in [3.05, 3.63) is 139 Å². The van der Waals surface area contributed by atoms with Crippen LogP contribution in [0, 0.1) is 5.82 Å². The number of hydrogen-bond donors (Lipinski definition) is 0. The van der Waals surface area contributed by atoms with Gasteiger partial charge in [-0.15, -0.1) is 11.3 Å². The fourth-order valence-corrected chi connectivity index (χ4v) is 7.93. The summed E-state index contributed by atoms with van der Waals surface area (Å²) in [6, 6.07) is 25.7. The Kier molecular flexibility index (Phi) is 7.59. The molecule has 0 N–H and O–H groups in total. The maximum atomic E-state index is 14.0. The molecule has 0 amide bonds. The van der Waals surface area contributed by atoms with Crippen molar-refractivity contribution >= 4 is 62.4 Å². The molecule has 0 saturated heterocycles. The second kappa shape index (κ2) is 11.8. The highest BCUT2D eigenvalue weighted by atomic mass is 32.2. The number of esters is 1. The van der Waals surface area contributed by atoms with Crippen molar-refractivity contribution < 1.29 is 18.3 Å². The van der Waals surface area contributed by atoms with Gasteiger partial charge in [-0.05, 0) is 60.6 Å². The van der Waals surface area contributed by atoms with Crippen LogP contribution in [-0.4, -0.2) is 22.1 Å². The second-order valence-corrected chi connectivity index (χ2v) is 13.0. The molecule has 0 saturated carbocycles. The number of aromatic nitrogens is 2. The predicted octanol–water partition coefficient (Wildman–Crippen LogP) is 6.43. The quantitative estimate of drug-likeness (QED) is 0.187. The summed E-state index contributed by atoms with van der Waals surface area (Å²) in [5.74, 6) is -0.533. The van der Waals surface area contributed by atoms with Gasteiger partial charge in [0, 0.05) is 11.6 Å². The first-order valence-corrected chi connectivity index (χ1v) is 16.1. The minimum atomic E-state index is -0.884. The largest absolute Gasteiger partial charge is 0.463 e. The van der Waals surface area contributed by atoms with Crippen molar-refractivity contribution in [3.8, 4) is 0 Å². The molecule has 7 rings (SSSR count). The topological polar surface area (TPSA) is 86.7 Å². The Morgan fingerprint density at radius 2 is 1.80 bits per heavy atom. The number of rotatable bonds is 7. The number of carbonyl (C=O) groups excluding carboxylic acids is 1. The number of carbonyl (C=O) groups is 1. The van der Waals surface area contributed by atoms with E-state index in [-0.39, 0.29) is 17.7 Å². The number of halogens is 1. The van der Waals surface area contributed by atoms with Crippen LogP contribution in [0.1, 0.15) is 29.9 Å². The Balaban J connectivity index is 1.34. The first-order chi connectivity index (χ1) is 21.5. The van der Waals surface area contributed by atoms with E-state index in [1.165, 1.54) is 39.8 Å². The Bertz CT molecular complexity index is 2200. The molecule has 44 heavy (non-hydrogen) atoms. The average Bonchev–Trinajstić information content (AvgIpc) is 3.74. The van der Waals surface area contributed by atoms with Crippen LogP contribution >= 0.6 is 34.4 Å². The summed E-state index contributed by atoms with van der Waals surface area (Å²) in [6.07, 6.45) is 1.67. The van der Waals surface area contributed by atoms with Crippen LogP contribution in [-0.2, 0) is 9.53 Å². The molecule has 7 nitrogen and oxygen atoms in total. The zero-order chi connectivity index (χ0) is 30.2. The van der Waals surface area contributed by atoms with Gasteiger partial charge in [-0.25, -0.2) is 19.2 Å². The van der Waals surface area contributed by atoms with Crippen LogP contribution in [0.25, 0.3) is 22.0 Å². The van der Waals surface area contributed by atoms with Crippen molar-refractivity contribution in [1.29, 1.82) is 0 Å². The van der Waals surface area contributed by atoms with Crippen LogP contribution in [0.4, 0.5) is 4.39 Å². The molecule has 6 aromatic rings. The first-order valence-electron chi connectivity index (χ1n) is 13.7. The van der Waals surface area contributed by atoms with Crippen LogP contribution in [0.2, 0.25) is 0 Å². The van der Waals surface area contributed by atoms with Crippen molar-refractivity contribution in [2.75, 3.05) is 6.61 Å². The highest BCUT2D eigenvalue weighted by Crippen LogP contribution is 2.36. The molecule has 0 spiro atoms. The van der Waals surface area contributed by atoms with Crippen LogP contribution in [0.3, 0.4) is 0 Å². The molecule has 1 aliphatic rings. The van der Waals surface area contributed by atoms with Crippen LogP contribution in [0.15, 0.2) is 120 Å². The Morgan fingerprint density at radius 1 is 1.02 bits per heavy atom. The van der Waals surface area contributed by atoms with E-state index in [0.717, 1.165) is 14.6 Å². The minimum Gasteiger partial charge on any atom is -0.463 e. The number of nitrogens with zero attached hydrogens (tertiary/aromatic N) is 3. The maximum absolute atomic E-state index is 14.0. The number of fused-ring (bicyclic) bond motifs is 2. The summed E-state index contributed by atoms with van der Waals surface area (Å²) in [4.78, 5) is 37.4. The molecule has 3 aromatic carbocycles. The summed E-state index contributed by atoms with van der Waals surface area (Å²) < 4.78 is 29.3. The molecule has 1 aliphatic heterocycles. The summed E-state index contributed by atoms with van der Waals surface area (Å²) in [5.41, 5.74) is 2.44. The van der Waals surface area contributed by atoms with E-state index in [1.54, 1.807) is 42.5 Å². The first kappa shape index (κ1) is 28.2. The van der Waals surface area contributed by atoms with Gasteiger partial charge < -0.3 is 9.15 Å². The smallest absolute Gasteiger partial charge is 0.338 e. The molecule has 0 bridgehead atoms. The van der Waals surface area contributed by atoms with Crippen LogP contribution in [0.5, 0.6) is 0 Å². The molecular formula is C33H22FN3O4S3. The van der Waals surface area contributed by atoms with Gasteiger partial charge in [0.05, 0.1) is 38.7 Å².